The van der Waals surface area contributed by atoms with Crippen LogP contribution in [0.1, 0.15) is 27.2 Å². The minimum absolute atomic E-state index is 0.0608. The van der Waals surface area contributed by atoms with Crippen molar-refractivity contribution in [2.45, 2.75) is 43.8 Å². The van der Waals surface area contributed by atoms with Crippen LogP contribution in [0.2, 0.25) is 5.02 Å². The van der Waals surface area contributed by atoms with Gasteiger partial charge in [0.2, 0.25) is 0 Å². The number of aliphatic carboxylic acids is 1. The number of rotatable bonds is 5. The third-order valence-electron chi connectivity index (χ3n) is 4.42. The molecule has 0 radical (unpaired) electrons. The van der Waals surface area contributed by atoms with Crippen LogP contribution in [0.15, 0.2) is 41.3 Å². The third kappa shape index (κ3) is 5.85. The lowest BCUT2D eigenvalue weighted by atomic mass is 10.1. The van der Waals surface area contributed by atoms with Crippen LogP contribution in [0, 0.1) is 5.82 Å². The Balaban J connectivity index is 2.02. The predicted molar refractivity (Wildman–Crippen MR) is 119 cm³/mol. The number of ether oxygens (including phenoxy) is 2. The molecule has 178 valence electrons. The number of carbonyl (C=O) groups is 2. The van der Waals surface area contributed by atoms with Gasteiger partial charge in [-0.1, -0.05) is 11.6 Å². The van der Waals surface area contributed by atoms with Crippen LogP contribution in [-0.4, -0.2) is 43.8 Å². The van der Waals surface area contributed by atoms with E-state index in [1.807, 2.05) is 0 Å². The van der Waals surface area contributed by atoms with Gasteiger partial charge < -0.3 is 14.6 Å². The monoisotopic (exact) mass is 500 g/mol. The van der Waals surface area contributed by atoms with Crippen LogP contribution >= 0.6 is 11.6 Å². The van der Waals surface area contributed by atoms with E-state index in [1.54, 1.807) is 20.8 Å². The van der Waals surface area contributed by atoms with Crippen molar-refractivity contribution in [3.63, 3.8) is 0 Å². The Morgan fingerprint density at radius 2 is 1.97 bits per heavy atom. The molecule has 1 unspecified atom stereocenters. The van der Waals surface area contributed by atoms with Crippen molar-refractivity contribution in [2.24, 2.45) is 0 Å². The van der Waals surface area contributed by atoms with Crippen LogP contribution in [0.25, 0.3) is 0 Å². The fourth-order valence-electron chi connectivity index (χ4n) is 3.10. The van der Waals surface area contributed by atoms with E-state index in [0.29, 0.717) is 0 Å². The van der Waals surface area contributed by atoms with Crippen LogP contribution in [-0.2, 0) is 19.6 Å². The van der Waals surface area contributed by atoms with E-state index < -0.39 is 46.0 Å². The summed E-state index contributed by atoms with van der Waals surface area (Å²) in [6.07, 6.45) is -2.18. The lowest BCUT2D eigenvalue weighted by Crippen LogP contribution is -2.44. The highest BCUT2D eigenvalue weighted by atomic mass is 35.5. The van der Waals surface area contributed by atoms with Gasteiger partial charge in [-0.05, 0) is 57.2 Å². The van der Waals surface area contributed by atoms with E-state index in [4.69, 9.17) is 26.2 Å². The quantitative estimate of drug-likeness (QED) is 0.629. The number of nitrogens with zero attached hydrogens (tertiary/aromatic N) is 1. The van der Waals surface area contributed by atoms with Crippen molar-refractivity contribution in [1.82, 2.24) is 0 Å². The second-order valence-corrected chi connectivity index (χ2v) is 10.5. The number of carboxylic acids is 1. The minimum atomic E-state index is -4.29. The summed E-state index contributed by atoms with van der Waals surface area (Å²) in [5.74, 6) is -1.86. The Kier molecular flexibility index (Phi) is 6.75. The average Bonchev–Trinajstić information content (AvgIpc) is 2.67. The molecule has 0 saturated carbocycles. The SMILES string of the molecule is CC(C)(C)OC(=O)Nc1ccc2c(c1)N(S(=O)(=O)c1ccc(F)c(Cl)c1)CC(CC(=O)O)O2. The van der Waals surface area contributed by atoms with Gasteiger partial charge in [0.25, 0.3) is 10.0 Å². The summed E-state index contributed by atoms with van der Waals surface area (Å²) >= 11 is 5.77. The Hall–Kier alpha value is -3.05. The van der Waals surface area contributed by atoms with E-state index >= 15 is 0 Å². The van der Waals surface area contributed by atoms with Gasteiger partial charge in [-0.3, -0.25) is 14.4 Å². The fourth-order valence-corrected chi connectivity index (χ4v) is 4.88. The number of carbonyl (C=O) groups excluding carboxylic acids is 1. The number of nitrogens with one attached hydrogen (secondary N) is 1. The molecule has 33 heavy (non-hydrogen) atoms. The first-order chi connectivity index (χ1) is 15.3. The highest BCUT2D eigenvalue weighted by Crippen LogP contribution is 2.40. The molecule has 3 rings (SSSR count). The summed E-state index contributed by atoms with van der Waals surface area (Å²) in [6, 6.07) is 7.18. The van der Waals surface area contributed by atoms with Gasteiger partial charge in [0.05, 0.1) is 28.6 Å². The van der Waals surface area contributed by atoms with Gasteiger partial charge in [0.1, 0.15) is 23.3 Å². The molecule has 1 atom stereocenters. The molecule has 1 aliphatic rings. The Bertz CT molecular complexity index is 1200. The van der Waals surface area contributed by atoms with Crippen molar-refractivity contribution < 1.29 is 37.0 Å². The Morgan fingerprint density at radius 1 is 1.27 bits per heavy atom. The first-order valence-corrected chi connectivity index (χ1v) is 11.6. The summed E-state index contributed by atoms with van der Waals surface area (Å²) in [6.45, 7) is 4.75. The summed E-state index contributed by atoms with van der Waals surface area (Å²) in [5, 5.41) is 11.3. The van der Waals surface area contributed by atoms with Gasteiger partial charge in [0.15, 0.2) is 0 Å². The molecule has 1 heterocycles. The lowest BCUT2D eigenvalue weighted by molar-refractivity contribution is -0.138. The maximum absolute atomic E-state index is 13.6. The van der Waals surface area contributed by atoms with E-state index in [2.05, 4.69) is 5.32 Å². The van der Waals surface area contributed by atoms with Crippen molar-refractivity contribution in [3.05, 3.63) is 47.2 Å². The zero-order valence-electron chi connectivity index (χ0n) is 18.0. The molecule has 1 amide bonds. The first-order valence-electron chi connectivity index (χ1n) is 9.76. The normalized spacial score (nSPS) is 15.9. The molecule has 0 aliphatic carbocycles. The van der Waals surface area contributed by atoms with Gasteiger partial charge in [-0.25, -0.2) is 17.6 Å². The smallest absolute Gasteiger partial charge is 0.412 e. The molecule has 9 nitrogen and oxygen atoms in total. The number of hydrogen-bond donors (Lipinski definition) is 2. The summed E-state index contributed by atoms with van der Waals surface area (Å²) in [5.41, 5.74) is -0.464. The maximum Gasteiger partial charge on any atom is 0.412 e. The van der Waals surface area contributed by atoms with Crippen molar-refractivity contribution in [1.29, 1.82) is 0 Å². The maximum atomic E-state index is 13.6. The molecule has 1 aliphatic heterocycles. The molecule has 12 heteroatoms. The fraction of sp³-hybridized carbons (Fsp3) is 0.333. The number of carboxylic acid groups (broad SMARTS) is 1. The van der Waals surface area contributed by atoms with Crippen molar-refractivity contribution >= 4 is 45.1 Å². The van der Waals surface area contributed by atoms with Gasteiger partial charge >= 0.3 is 12.1 Å². The molecule has 2 aromatic carbocycles. The minimum Gasteiger partial charge on any atom is -0.486 e. The Morgan fingerprint density at radius 3 is 2.58 bits per heavy atom. The molecule has 0 aromatic heterocycles. The largest absolute Gasteiger partial charge is 0.486 e. The van der Waals surface area contributed by atoms with E-state index in [0.717, 1.165) is 22.5 Å². The van der Waals surface area contributed by atoms with Gasteiger partial charge in [0, 0.05) is 5.69 Å². The summed E-state index contributed by atoms with van der Waals surface area (Å²) in [7, 11) is -4.29. The van der Waals surface area contributed by atoms with Gasteiger partial charge in [-0.2, -0.15) is 0 Å². The second-order valence-electron chi connectivity index (χ2n) is 8.26. The average molecular weight is 501 g/mol. The second kappa shape index (κ2) is 9.06. The number of fused-ring (bicyclic) bond motifs is 1. The molecular weight excluding hydrogens is 479 g/mol. The molecule has 0 fully saturated rings. The first kappa shape index (κ1) is 24.6. The standard InChI is InChI=1S/C21H22ClFN2O7S/c1-21(2,3)32-20(28)24-12-4-7-18-17(8-12)25(11-13(31-18)9-19(26)27)33(29,30)14-5-6-16(23)15(22)10-14/h4-8,10,13H,9,11H2,1-3H3,(H,24,28)(H,26,27). The van der Waals surface area contributed by atoms with Crippen LogP contribution in [0.5, 0.6) is 5.75 Å². The number of benzene rings is 2. The Labute approximate surface area is 195 Å². The number of anilines is 2. The third-order valence-corrected chi connectivity index (χ3v) is 6.48. The molecule has 2 N–H and O–H groups in total. The number of sulfonamides is 1. The molecule has 0 spiro atoms. The van der Waals surface area contributed by atoms with E-state index in [-0.39, 0.29) is 33.6 Å². The van der Waals surface area contributed by atoms with Gasteiger partial charge in [-0.15, -0.1) is 0 Å². The number of halogens is 2. The number of amides is 1. The molecule has 2 aromatic rings. The summed E-state index contributed by atoms with van der Waals surface area (Å²) < 4.78 is 52.2. The van der Waals surface area contributed by atoms with Crippen LogP contribution in [0.4, 0.5) is 20.6 Å². The lowest BCUT2D eigenvalue weighted by Gasteiger charge is -2.35. The highest BCUT2D eigenvalue weighted by Gasteiger charge is 2.36. The van der Waals surface area contributed by atoms with Crippen molar-refractivity contribution in [2.75, 3.05) is 16.2 Å². The van der Waals surface area contributed by atoms with Crippen molar-refractivity contribution in [3.8, 4) is 5.75 Å². The zero-order chi connectivity index (χ0) is 24.6. The topological polar surface area (TPSA) is 122 Å². The van der Waals surface area contributed by atoms with E-state index in [9.17, 15) is 22.4 Å². The zero-order valence-corrected chi connectivity index (χ0v) is 19.5. The molecule has 0 bridgehead atoms. The molecule has 0 saturated heterocycles. The molecular formula is C21H22ClFN2O7S. The predicted octanol–water partition coefficient (Wildman–Crippen LogP) is 4.26. The van der Waals surface area contributed by atoms with E-state index in [1.165, 1.54) is 18.2 Å². The summed E-state index contributed by atoms with van der Waals surface area (Å²) in [4.78, 5) is 23.0. The highest BCUT2D eigenvalue weighted by molar-refractivity contribution is 7.92. The van der Waals surface area contributed by atoms with Crippen LogP contribution < -0.4 is 14.4 Å². The van der Waals surface area contributed by atoms with Crippen LogP contribution in [0.3, 0.4) is 0 Å². The number of hydrogen-bond acceptors (Lipinski definition) is 6.